The van der Waals surface area contributed by atoms with Crippen LogP contribution >= 0.6 is 0 Å². The van der Waals surface area contributed by atoms with Crippen LogP contribution < -0.4 is 5.32 Å². The molecule has 0 aromatic heterocycles. The fourth-order valence-electron chi connectivity index (χ4n) is 1.76. The lowest BCUT2D eigenvalue weighted by atomic mass is 10.2. The quantitative estimate of drug-likeness (QED) is 0.763. The smallest absolute Gasteiger partial charge is 0.407 e. The predicted octanol–water partition coefficient (Wildman–Crippen LogP) is 0.670. The van der Waals surface area contributed by atoms with Gasteiger partial charge >= 0.3 is 12.1 Å². The van der Waals surface area contributed by atoms with Crippen LogP contribution in [0.2, 0.25) is 0 Å². The van der Waals surface area contributed by atoms with Crippen molar-refractivity contribution in [3.63, 3.8) is 0 Å². The van der Waals surface area contributed by atoms with E-state index >= 15 is 0 Å². The summed E-state index contributed by atoms with van der Waals surface area (Å²) < 4.78 is 5.13. The lowest BCUT2D eigenvalue weighted by Crippen LogP contribution is -2.41. The predicted molar refractivity (Wildman–Crippen MR) is 61.9 cm³/mol. The maximum atomic E-state index is 11.5. The molecule has 1 saturated heterocycles. The van der Waals surface area contributed by atoms with E-state index in [2.05, 4.69) is 5.32 Å². The summed E-state index contributed by atoms with van der Waals surface area (Å²) in [6.45, 7) is 6.68. The van der Waals surface area contributed by atoms with Crippen LogP contribution in [0.15, 0.2) is 0 Å². The van der Waals surface area contributed by atoms with Gasteiger partial charge in [0.15, 0.2) is 0 Å². The van der Waals surface area contributed by atoms with Gasteiger partial charge in [-0.05, 0) is 27.2 Å². The topological polar surface area (TPSA) is 78.9 Å². The number of nitrogens with one attached hydrogen (secondary N) is 1. The Balaban J connectivity index is 2.30. The Morgan fingerprint density at radius 3 is 2.65 bits per heavy atom. The molecule has 17 heavy (non-hydrogen) atoms. The summed E-state index contributed by atoms with van der Waals surface area (Å²) in [6, 6.07) is -0.0239. The van der Waals surface area contributed by atoms with Gasteiger partial charge in [-0.3, -0.25) is 9.69 Å². The molecule has 0 radical (unpaired) electrons. The zero-order chi connectivity index (χ0) is 13.1. The van der Waals surface area contributed by atoms with E-state index in [9.17, 15) is 9.59 Å². The molecule has 1 aliphatic rings. The van der Waals surface area contributed by atoms with E-state index in [1.54, 1.807) is 25.7 Å². The molecule has 0 bridgehead atoms. The number of nitrogens with zero attached hydrogens (tertiary/aromatic N) is 1. The minimum Gasteiger partial charge on any atom is -0.480 e. The van der Waals surface area contributed by atoms with Crippen molar-refractivity contribution in [2.75, 3.05) is 19.6 Å². The number of alkyl carbamates (subject to hydrolysis) is 1. The molecule has 0 spiro atoms. The molecule has 2 N–H and O–H groups in total. The third-order valence-electron chi connectivity index (χ3n) is 2.35. The van der Waals surface area contributed by atoms with Gasteiger partial charge in [0.25, 0.3) is 0 Å². The van der Waals surface area contributed by atoms with Crippen LogP contribution in [0.4, 0.5) is 4.79 Å². The Labute approximate surface area is 101 Å². The Kier molecular flexibility index (Phi) is 4.34. The summed E-state index contributed by atoms with van der Waals surface area (Å²) in [6.07, 6.45) is 0.312. The van der Waals surface area contributed by atoms with E-state index < -0.39 is 17.7 Å². The van der Waals surface area contributed by atoms with Crippen molar-refractivity contribution in [3.05, 3.63) is 0 Å². The van der Waals surface area contributed by atoms with Gasteiger partial charge in [0, 0.05) is 19.1 Å². The molecule has 1 heterocycles. The van der Waals surface area contributed by atoms with E-state index in [0.717, 1.165) is 6.42 Å². The highest BCUT2D eigenvalue weighted by Crippen LogP contribution is 2.11. The SMILES string of the molecule is CC(C)(C)OC(=O)NC1CCN(CC(=O)O)C1. The molecule has 1 aliphatic heterocycles. The fourth-order valence-corrected chi connectivity index (χ4v) is 1.76. The first-order valence-corrected chi connectivity index (χ1v) is 5.70. The number of hydrogen-bond acceptors (Lipinski definition) is 4. The minimum absolute atomic E-state index is 0.0203. The van der Waals surface area contributed by atoms with Crippen molar-refractivity contribution in [1.29, 1.82) is 0 Å². The van der Waals surface area contributed by atoms with E-state index in [4.69, 9.17) is 9.84 Å². The third kappa shape index (κ3) is 5.53. The summed E-state index contributed by atoms with van der Waals surface area (Å²) in [7, 11) is 0. The van der Waals surface area contributed by atoms with Crippen molar-refractivity contribution in [3.8, 4) is 0 Å². The Morgan fingerprint density at radius 1 is 1.47 bits per heavy atom. The first kappa shape index (κ1) is 13.8. The van der Waals surface area contributed by atoms with Gasteiger partial charge in [-0.15, -0.1) is 0 Å². The van der Waals surface area contributed by atoms with E-state index in [1.165, 1.54) is 0 Å². The highest BCUT2D eigenvalue weighted by atomic mass is 16.6. The number of ether oxygens (including phenoxy) is 1. The molecule has 1 atom stereocenters. The Bertz CT molecular complexity index is 298. The summed E-state index contributed by atoms with van der Waals surface area (Å²) >= 11 is 0. The van der Waals surface area contributed by atoms with Gasteiger partial charge in [-0.2, -0.15) is 0 Å². The van der Waals surface area contributed by atoms with Gasteiger partial charge in [-0.25, -0.2) is 4.79 Å². The number of rotatable bonds is 3. The van der Waals surface area contributed by atoms with Crippen molar-refractivity contribution < 1.29 is 19.4 Å². The van der Waals surface area contributed by atoms with Gasteiger partial charge < -0.3 is 15.2 Å². The standard InChI is InChI=1S/C11H20N2O4/c1-11(2,3)17-10(16)12-8-4-5-13(6-8)7-9(14)15/h8H,4-7H2,1-3H3,(H,12,16)(H,14,15). The number of carbonyl (C=O) groups excluding carboxylic acids is 1. The zero-order valence-corrected chi connectivity index (χ0v) is 10.5. The summed E-state index contributed by atoms with van der Waals surface area (Å²) in [5, 5.41) is 11.4. The van der Waals surface area contributed by atoms with Crippen LogP contribution in [0.1, 0.15) is 27.2 Å². The molecule has 0 saturated carbocycles. The van der Waals surface area contributed by atoms with Crippen LogP contribution in [-0.4, -0.2) is 53.3 Å². The van der Waals surface area contributed by atoms with E-state index in [0.29, 0.717) is 13.1 Å². The molecular weight excluding hydrogens is 224 g/mol. The van der Waals surface area contributed by atoms with Gasteiger partial charge in [-0.1, -0.05) is 0 Å². The second-order valence-corrected chi connectivity index (χ2v) is 5.26. The molecule has 1 fully saturated rings. The normalized spacial score (nSPS) is 21.2. The lowest BCUT2D eigenvalue weighted by Gasteiger charge is -2.21. The van der Waals surface area contributed by atoms with Crippen LogP contribution in [0.5, 0.6) is 0 Å². The van der Waals surface area contributed by atoms with Gasteiger partial charge in [0.1, 0.15) is 5.60 Å². The molecule has 0 aromatic rings. The van der Waals surface area contributed by atoms with E-state index in [-0.39, 0.29) is 12.6 Å². The average Bonchev–Trinajstić information content (AvgIpc) is 2.46. The molecule has 98 valence electrons. The first-order chi connectivity index (χ1) is 7.76. The number of hydrogen-bond donors (Lipinski definition) is 2. The summed E-state index contributed by atoms with van der Waals surface area (Å²) in [5.74, 6) is -0.845. The van der Waals surface area contributed by atoms with Crippen LogP contribution in [0.25, 0.3) is 0 Å². The molecular formula is C11H20N2O4. The van der Waals surface area contributed by atoms with Gasteiger partial charge in [0.2, 0.25) is 0 Å². The Hall–Kier alpha value is -1.30. The number of carboxylic acids is 1. The van der Waals surface area contributed by atoms with Crippen LogP contribution in [0.3, 0.4) is 0 Å². The lowest BCUT2D eigenvalue weighted by molar-refractivity contribution is -0.138. The first-order valence-electron chi connectivity index (χ1n) is 5.70. The molecule has 0 aromatic carbocycles. The molecule has 6 nitrogen and oxygen atoms in total. The summed E-state index contributed by atoms with van der Waals surface area (Å²) in [5.41, 5.74) is -0.510. The number of aliphatic carboxylic acids is 1. The number of carbonyl (C=O) groups is 2. The van der Waals surface area contributed by atoms with Crippen molar-refractivity contribution in [2.24, 2.45) is 0 Å². The van der Waals surface area contributed by atoms with Crippen molar-refractivity contribution in [2.45, 2.75) is 38.8 Å². The average molecular weight is 244 g/mol. The molecule has 1 unspecified atom stereocenters. The van der Waals surface area contributed by atoms with Crippen LogP contribution in [-0.2, 0) is 9.53 Å². The highest BCUT2D eigenvalue weighted by molar-refractivity contribution is 5.69. The second kappa shape index (κ2) is 5.35. The largest absolute Gasteiger partial charge is 0.480 e. The summed E-state index contributed by atoms with van der Waals surface area (Å²) in [4.78, 5) is 23.8. The minimum atomic E-state index is -0.845. The number of likely N-dealkylation sites (tertiary alicyclic amines) is 1. The van der Waals surface area contributed by atoms with Crippen molar-refractivity contribution >= 4 is 12.1 Å². The fraction of sp³-hybridized carbons (Fsp3) is 0.818. The molecule has 6 heteroatoms. The molecule has 1 rings (SSSR count). The number of carboxylic acid groups (broad SMARTS) is 1. The van der Waals surface area contributed by atoms with Crippen molar-refractivity contribution in [1.82, 2.24) is 10.2 Å². The Morgan fingerprint density at radius 2 is 2.12 bits per heavy atom. The highest BCUT2D eigenvalue weighted by Gasteiger charge is 2.26. The maximum absolute atomic E-state index is 11.5. The number of amides is 1. The third-order valence-corrected chi connectivity index (χ3v) is 2.35. The van der Waals surface area contributed by atoms with Crippen LogP contribution in [0, 0.1) is 0 Å². The molecule has 1 amide bonds. The monoisotopic (exact) mass is 244 g/mol. The molecule has 0 aliphatic carbocycles. The maximum Gasteiger partial charge on any atom is 0.407 e. The second-order valence-electron chi connectivity index (χ2n) is 5.26. The zero-order valence-electron chi connectivity index (χ0n) is 10.5. The van der Waals surface area contributed by atoms with Gasteiger partial charge in [0.05, 0.1) is 6.54 Å². The van der Waals surface area contributed by atoms with E-state index in [1.807, 2.05) is 0 Å².